The van der Waals surface area contributed by atoms with Crippen LogP contribution in [0.4, 0.5) is 8.78 Å². The van der Waals surface area contributed by atoms with Gasteiger partial charge in [0.15, 0.2) is 11.6 Å². The van der Waals surface area contributed by atoms with Gasteiger partial charge in [0.2, 0.25) is 5.91 Å². The fourth-order valence-corrected chi connectivity index (χ4v) is 2.36. The van der Waals surface area contributed by atoms with Crippen molar-refractivity contribution in [3.63, 3.8) is 0 Å². The number of nitrogens with one attached hydrogen (secondary N) is 1. The summed E-state index contributed by atoms with van der Waals surface area (Å²) in [6, 6.07) is 3.32. The molecule has 21 heavy (non-hydrogen) atoms. The summed E-state index contributed by atoms with van der Waals surface area (Å²) in [5, 5.41) is 3.09. The van der Waals surface area contributed by atoms with Crippen molar-refractivity contribution in [1.29, 1.82) is 0 Å². The van der Waals surface area contributed by atoms with Crippen LogP contribution in [-0.4, -0.2) is 36.1 Å². The van der Waals surface area contributed by atoms with Crippen LogP contribution in [0, 0.1) is 11.6 Å². The van der Waals surface area contributed by atoms with Gasteiger partial charge in [-0.05, 0) is 38.5 Å². The Morgan fingerprint density at radius 3 is 2.67 bits per heavy atom. The van der Waals surface area contributed by atoms with Crippen molar-refractivity contribution < 1.29 is 18.3 Å². The Labute approximate surface area is 123 Å². The van der Waals surface area contributed by atoms with Gasteiger partial charge in [0.1, 0.15) is 6.17 Å². The molecule has 0 radical (unpaired) electrons. The number of hydrogen-bond donors (Lipinski definition) is 1. The first kappa shape index (κ1) is 15.9. The number of halogens is 2. The van der Waals surface area contributed by atoms with Crippen LogP contribution in [0.15, 0.2) is 18.2 Å². The number of ether oxygens (including phenoxy) is 1. The molecular formula is C15H20F2N2O2. The third-order valence-corrected chi connectivity index (χ3v) is 3.42. The molecule has 0 aromatic heterocycles. The predicted molar refractivity (Wildman–Crippen MR) is 74.5 cm³/mol. The number of carbonyl (C=O) groups is 1. The van der Waals surface area contributed by atoms with Crippen LogP contribution in [-0.2, 0) is 9.53 Å². The number of carbonyl (C=O) groups excluding carboxylic acids is 1. The minimum absolute atomic E-state index is 0.0721. The highest BCUT2D eigenvalue weighted by atomic mass is 19.2. The minimum atomic E-state index is -0.917. The highest BCUT2D eigenvalue weighted by Gasteiger charge is 2.37. The van der Waals surface area contributed by atoms with Gasteiger partial charge in [-0.3, -0.25) is 10.1 Å². The van der Waals surface area contributed by atoms with E-state index in [0.29, 0.717) is 18.7 Å². The molecule has 1 heterocycles. The quantitative estimate of drug-likeness (QED) is 0.906. The normalized spacial score (nSPS) is 22.4. The predicted octanol–water partition coefficient (Wildman–Crippen LogP) is 2.21. The van der Waals surface area contributed by atoms with E-state index >= 15 is 0 Å². The zero-order valence-corrected chi connectivity index (χ0v) is 12.4. The van der Waals surface area contributed by atoms with Crippen molar-refractivity contribution >= 4 is 5.91 Å². The molecular weight excluding hydrogens is 278 g/mol. The molecule has 1 fully saturated rings. The van der Waals surface area contributed by atoms with E-state index in [1.54, 1.807) is 11.8 Å². The molecule has 1 aromatic rings. The van der Waals surface area contributed by atoms with Crippen molar-refractivity contribution in [1.82, 2.24) is 10.2 Å². The molecule has 2 rings (SSSR count). The van der Waals surface area contributed by atoms with Crippen molar-refractivity contribution in [3.05, 3.63) is 35.4 Å². The van der Waals surface area contributed by atoms with Gasteiger partial charge in [-0.15, -0.1) is 0 Å². The topological polar surface area (TPSA) is 41.6 Å². The van der Waals surface area contributed by atoms with Crippen LogP contribution >= 0.6 is 0 Å². The van der Waals surface area contributed by atoms with Crippen molar-refractivity contribution in [2.24, 2.45) is 0 Å². The van der Waals surface area contributed by atoms with Crippen LogP contribution in [0.1, 0.15) is 32.5 Å². The average Bonchev–Trinajstić information content (AvgIpc) is 2.70. The zero-order chi connectivity index (χ0) is 15.6. The van der Waals surface area contributed by atoms with E-state index in [2.05, 4.69) is 5.32 Å². The van der Waals surface area contributed by atoms with Crippen LogP contribution in [0.2, 0.25) is 0 Å². The highest BCUT2D eigenvalue weighted by Crippen LogP contribution is 2.26. The SMILES string of the molecule is CC(C)OCCN1C(=O)C(C)NC1c1ccc(F)c(F)c1. The number of rotatable bonds is 5. The Morgan fingerprint density at radius 2 is 2.05 bits per heavy atom. The molecule has 0 saturated carbocycles. The largest absolute Gasteiger partial charge is 0.377 e. The molecule has 1 aliphatic rings. The molecule has 2 unspecified atom stereocenters. The van der Waals surface area contributed by atoms with Crippen LogP contribution in [0.25, 0.3) is 0 Å². The maximum Gasteiger partial charge on any atom is 0.241 e. The summed E-state index contributed by atoms with van der Waals surface area (Å²) < 4.78 is 31.9. The van der Waals surface area contributed by atoms with E-state index in [-0.39, 0.29) is 18.1 Å². The third kappa shape index (κ3) is 3.57. The highest BCUT2D eigenvalue weighted by molar-refractivity contribution is 5.84. The smallest absolute Gasteiger partial charge is 0.241 e. The molecule has 4 nitrogen and oxygen atoms in total. The number of nitrogens with zero attached hydrogens (tertiary/aromatic N) is 1. The van der Waals surface area contributed by atoms with Crippen molar-refractivity contribution in [3.8, 4) is 0 Å². The second-order valence-electron chi connectivity index (χ2n) is 5.42. The fraction of sp³-hybridized carbons (Fsp3) is 0.533. The summed E-state index contributed by atoms with van der Waals surface area (Å²) >= 11 is 0. The Bertz CT molecular complexity index is 522. The first-order valence-corrected chi connectivity index (χ1v) is 7.03. The summed E-state index contributed by atoms with van der Waals surface area (Å²) in [5.74, 6) is -1.89. The minimum Gasteiger partial charge on any atom is -0.377 e. The fourth-order valence-electron chi connectivity index (χ4n) is 2.36. The summed E-state index contributed by atoms with van der Waals surface area (Å²) in [6.45, 7) is 6.38. The molecule has 1 N–H and O–H groups in total. The van der Waals surface area contributed by atoms with E-state index in [0.717, 1.165) is 12.1 Å². The lowest BCUT2D eigenvalue weighted by Crippen LogP contribution is -2.34. The van der Waals surface area contributed by atoms with Crippen LogP contribution in [0.3, 0.4) is 0 Å². The van der Waals surface area contributed by atoms with Gasteiger partial charge in [-0.25, -0.2) is 8.78 Å². The molecule has 1 aromatic carbocycles. The van der Waals surface area contributed by atoms with E-state index in [9.17, 15) is 13.6 Å². The third-order valence-electron chi connectivity index (χ3n) is 3.42. The summed E-state index contributed by atoms with van der Waals surface area (Å²) in [6.07, 6.45) is -0.381. The second kappa shape index (κ2) is 6.49. The van der Waals surface area contributed by atoms with Crippen LogP contribution in [0.5, 0.6) is 0 Å². The molecule has 6 heteroatoms. The molecule has 1 amide bonds. The van der Waals surface area contributed by atoms with Gasteiger partial charge < -0.3 is 9.64 Å². The number of amides is 1. The lowest BCUT2D eigenvalue weighted by Gasteiger charge is -2.25. The van der Waals surface area contributed by atoms with Gasteiger partial charge in [-0.2, -0.15) is 0 Å². The lowest BCUT2D eigenvalue weighted by atomic mass is 10.1. The van der Waals surface area contributed by atoms with E-state index < -0.39 is 17.8 Å². The van der Waals surface area contributed by atoms with Crippen LogP contribution < -0.4 is 5.32 Å². The van der Waals surface area contributed by atoms with E-state index in [4.69, 9.17) is 4.74 Å². The summed E-state index contributed by atoms with van der Waals surface area (Å²) in [4.78, 5) is 13.8. The zero-order valence-electron chi connectivity index (χ0n) is 12.4. The van der Waals surface area contributed by atoms with Gasteiger partial charge >= 0.3 is 0 Å². The average molecular weight is 298 g/mol. The number of hydrogen-bond acceptors (Lipinski definition) is 3. The van der Waals surface area contributed by atoms with Gasteiger partial charge in [0.25, 0.3) is 0 Å². The first-order valence-electron chi connectivity index (χ1n) is 7.03. The first-order chi connectivity index (χ1) is 9.90. The van der Waals surface area contributed by atoms with Crippen molar-refractivity contribution in [2.45, 2.75) is 39.1 Å². The summed E-state index contributed by atoms with van der Waals surface area (Å²) in [7, 11) is 0. The standard InChI is InChI=1S/C15H20F2N2O2/c1-9(2)21-7-6-19-14(18-10(3)15(19)20)11-4-5-12(16)13(17)8-11/h4-5,8-10,14,18H,6-7H2,1-3H3. The maximum atomic E-state index is 13.4. The van der Waals surface area contributed by atoms with Gasteiger partial charge in [0.05, 0.1) is 18.8 Å². The molecule has 0 aliphatic carbocycles. The van der Waals surface area contributed by atoms with Crippen molar-refractivity contribution in [2.75, 3.05) is 13.2 Å². The molecule has 2 atom stereocenters. The second-order valence-corrected chi connectivity index (χ2v) is 5.42. The Morgan fingerprint density at radius 1 is 1.33 bits per heavy atom. The number of benzene rings is 1. The monoisotopic (exact) mass is 298 g/mol. The molecule has 116 valence electrons. The molecule has 0 spiro atoms. The molecule has 1 saturated heterocycles. The van der Waals surface area contributed by atoms with Gasteiger partial charge in [-0.1, -0.05) is 6.07 Å². The van der Waals surface area contributed by atoms with E-state index in [1.165, 1.54) is 6.07 Å². The molecule has 1 aliphatic heterocycles. The Balaban J connectivity index is 2.15. The Kier molecular flexibility index (Phi) is 4.90. The van der Waals surface area contributed by atoms with E-state index in [1.807, 2.05) is 13.8 Å². The maximum absolute atomic E-state index is 13.4. The Hall–Kier alpha value is -1.53. The van der Waals surface area contributed by atoms with Gasteiger partial charge in [0, 0.05) is 6.54 Å². The molecule has 0 bridgehead atoms. The lowest BCUT2D eigenvalue weighted by molar-refractivity contribution is -0.130. The summed E-state index contributed by atoms with van der Waals surface area (Å²) in [5.41, 5.74) is 0.524.